The maximum atomic E-state index is 15.8. The first-order chi connectivity index (χ1) is 21.5. The van der Waals surface area contributed by atoms with Crippen LogP contribution in [0, 0.1) is 28.6 Å². The third-order valence-corrected chi connectivity index (χ3v) is 7.56. The van der Waals surface area contributed by atoms with Crippen molar-refractivity contribution in [3.05, 3.63) is 119 Å². The van der Waals surface area contributed by atoms with E-state index < -0.39 is 5.95 Å². The number of allylic oxidation sites excluding steroid dienone is 4. The second-order valence-electron chi connectivity index (χ2n) is 9.66. The summed E-state index contributed by atoms with van der Waals surface area (Å²) < 4.78 is 26.7. The molecule has 0 amide bonds. The number of hydrogen-bond acceptors (Lipinski definition) is 6. The van der Waals surface area contributed by atoms with Crippen LogP contribution in [-0.4, -0.2) is 34.2 Å². The molecule has 4 aromatic heterocycles. The van der Waals surface area contributed by atoms with Crippen molar-refractivity contribution in [2.75, 3.05) is 14.2 Å². The van der Waals surface area contributed by atoms with Gasteiger partial charge in [-0.2, -0.15) is 14.9 Å². The minimum Gasteiger partial charge on any atom is -0.497 e. The molecule has 0 aliphatic heterocycles. The lowest BCUT2D eigenvalue weighted by Gasteiger charge is -2.18. The van der Waals surface area contributed by atoms with E-state index in [4.69, 9.17) is 21.1 Å². The van der Waals surface area contributed by atoms with E-state index in [1.165, 1.54) is 18.5 Å². The van der Waals surface area contributed by atoms with E-state index in [1.807, 2.05) is 12.1 Å². The lowest BCUT2D eigenvalue weighted by molar-refractivity contribution is 0.415. The van der Waals surface area contributed by atoms with Crippen LogP contribution < -0.4 is 9.47 Å². The van der Waals surface area contributed by atoms with Crippen LogP contribution >= 0.6 is 11.6 Å². The number of nitrogens with zero attached hydrogens (tertiary/aromatic N) is 4. The van der Waals surface area contributed by atoms with Gasteiger partial charge in [0.15, 0.2) is 0 Å². The highest BCUT2D eigenvalue weighted by atomic mass is 35.5. The topological polar surface area (TPSA) is 123 Å². The molecule has 6 aromatic rings. The van der Waals surface area contributed by atoms with Gasteiger partial charge in [-0.05, 0) is 60.7 Å². The van der Waals surface area contributed by atoms with Gasteiger partial charge in [-0.15, -0.1) is 0 Å². The number of ether oxygens (including phenoxy) is 2. The van der Waals surface area contributed by atoms with Gasteiger partial charge in [0.05, 0.1) is 25.4 Å². The molecule has 4 heterocycles. The Kier molecular flexibility index (Phi) is 7.55. The number of nitriles is 2. The molecule has 0 bridgehead atoms. The number of benzene rings is 2. The number of pyridine rings is 2. The molecule has 214 valence electrons. The monoisotopic (exact) mass is 600 g/mol. The number of H-pyrrole nitrogens is 2. The van der Waals surface area contributed by atoms with E-state index in [0.29, 0.717) is 39.0 Å². The fourth-order valence-corrected chi connectivity index (χ4v) is 5.38. The van der Waals surface area contributed by atoms with Gasteiger partial charge in [-0.3, -0.25) is 0 Å². The van der Waals surface area contributed by atoms with Crippen molar-refractivity contribution in [3.8, 4) is 23.6 Å². The summed E-state index contributed by atoms with van der Waals surface area (Å²) in [4.78, 5) is 14.6. The molecule has 0 radical (unpaired) electrons. The van der Waals surface area contributed by atoms with Gasteiger partial charge in [-0.25, -0.2) is 9.97 Å². The smallest absolute Gasteiger partial charge is 0.220 e. The average molecular weight is 601 g/mol. The van der Waals surface area contributed by atoms with E-state index >= 15 is 4.39 Å². The van der Waals surface area contributed by atoms with E-state index in [-0.39, 0.29) is 33.0 Å². The summed E-state index contributed by atoms with van der Waals surface area (Å²) in [5.74, 6) is 0.350. The Balaban J connectivity index is 1.81. The minimum absolute atomic E-state index is 0.0245. The minimum atomic E-state index is -0.815. The molecule has 0 aliphatic carbocycles. The third-order valence-electron chi connectivity index (χ3n) is 7.33. The maximum absolute atomic E-state index is 15.8. The van der Waals surface area contributed by atoms with Crippen LogP contribution in [0.2, 0.25) is 5.15 Å². The lowest BCUT2D eigenvalue weighted by atomic mass is 9.83. The number of halogens is 2. The molecule has 0 atom stereocenters. The summed E-state index contributed by atoms with van der Waals surface area (Å²) in [5, 5.41) is 23.2. The van der Waals surface area contributed by atoms with Gasteiger partial charge in [0.25, 0.3) is 0 Å². The standard InChI is InChI=1S/C34H22ClFN6O2/c1-43-20-6-8-29-23(12-20)27(17-40-29)25(14-37)32(19-5-10-31(35)42-16-19)33(22-4-3-11-39-34(22)36)26(15-38)28-18-41-30-9-7-21(44-2)13-24(28)30/h3-13,16-18,40-41H,1-2H3/b32-25-,33-26-. The van der Waals surface area contributed by atoms with Crippen LogP contribution in [0.15, 0.2) is 85.5 Å². The van der Waals surface area contributed by atoms with Gasteiger partial charge >= 0.3 is 0 Å². The number of aromatic amines is 2. The van der Waals surface area contributed by atoms with Crippen LogP contribution in [0.25, 0.3) is 44.1 Å². The first-order valence-corrected chi connectivity index (χ1v) is 13.7. The lowest BCUT2D eigenvalue weighted by Crippen LogP contribution is -2.02. The number of rotatable bonds is 7. The van der Waals surface area contributed by atoms with Gasteiger partial charge in [0, 0.05) is 80.0 Å². The predicted molar refractivity (Wildman–Crippen MR) is 168 cm³/mol. The normalized spacial score (nSPS) is 12.3. The Hall–Kier alpha value is -5.90. The number of hydrogen-bond donors (Lipinski definition) is 2. The molecule has 0 spiro atoms. The molecule has 6 rings (SSSR count). The molecule has 2 N–H and O–H groups in total. The Bertz CT molecular complexity index is 2200. The Morgan fingerprint density at radius 1 is 0.773 bits per heavy atom. The highest BCUT2D eigenvalue weighted by Gasteiger charge is 2.27. The predicted octanol–water partition coefficient (Wildman–Crippen LogP) is 7.82. The molecular formula is C34H22ClFN6O2. The summed E-state index contributed by atoms with van der Waals surface area (Å²) in [6.45, 7) is 0. The summed E-state index contributed by atoms with van der Waals surface area (Å²) in [6.07, 6.45) is 6.19. The Morgan fingerprint density at radius 3 is 1.86 bits per heavy atom. The highest BCUT2D eigenvalue weighted by Crippen LogP contribution is 2.45. The highest BCUT2D eigenvalue weighted by molar-refractivity contribution is 6.30. The van der Waals surface area contributed by atoms with Crippen molar-refractivity contribution in [2.24, 2.45) is 0 Å². The number of aromatic nitrogens is 4. The second kappa shape index (κ2) is 11.8. The van der Waals surface area contributed by atoms with E-state index in [1.54, 1.807) is 69.1 Å². The molecule has 0 saturated carbocycles. The molecule has 0 aliphatic rings. The molecule has 2 aromatic carbocycles. The zero-order valence-corrected chi connectivity index (χ0v) is 24.2. The van der Waals surface area contributed by atoms with Crippen molar-refractivity contribution < 1.29 is 13.9 Å². The van der Waals surface area contributed by atoms with Crippen molar-refractivity contribution in [1.82, 2.24) is 19.9 Å². The average Bonchev–Trinajstić information content (AvgIpc) is 3.67. The van der Waals surface area contributed by atoms with Gasteiger partial charge in [-0.1, -0.05) is 11.6 Å². The van der Waals surface area contributed by atoms with Crippen molar-refractivity contribution >= 4 is 55.7 Å². The van der Waals surface area contributed by atoms with Crippen molar-refractivity contribution in [3.63, 3.8) is 0 Å². The maximum Gasteiger partial charge on any atom is 0.220 e. The quantitative estimate of drug-likeness (QED) is 0.109. The number of methoxy groups -OCH3 is 2. The number of nitrogens with one attached hydrogen (secondary N) is 2. The van der Waals surface area contributed by atoms with Crippen LogP contribution in [0.3, 0.4) is 0 Å². The second-order valence-corrected chi connectivity index (χ2v) is 10.0. The van der Waals surface area contributed by atoms with Gasteiger partial charge in [0.1, 0.15) is 28.8 Å². The summed E-state index contributed by atoms with van der Waals surface area (Å²) in [5.41, 5.74) is 3.64. The summed E-state index contributed by atoms with van der Waals surface area (Å²) in [6, 6.07) is 21.9. The first-order valence-electron chi connectivity index (χ1n) is 13.3. The SMILES string of the molecule is COc1ccc2[nH]cc(/C(C#N)=C(\C(=C(\C#N)c3c[nH]c4ccc(OC)cc34)c3cccnc3F)c3ccc(Cl)nc3)c2c1. The Labute approximate surface area is 256 Å². The molecule has 10 heteroatoms. The fourth-order valence-electron chi connectivity index (χ4n) is 5.27. The van der Waals surface area contributed by atoms with E-state index in [2.05, 4.69) is 32.1 Å². The Morgan fingerprint density at radius 2 is 1.36 bits per heavy atom. The third kappa shape index (κ3) is 4.92. The summed E-state index contributed by atoms with van der Waals surface area (Å²) in [7, 11) is 3.11. The van der Waals surface area contributed by atoms with Crippen molar-refractivity contribution in [1.29, 1.82) is 10.5 Å². The van der Waals surface area contributed by atoms with Crippen LogP contribution in [-0.2, 0) is 0 Å². The van der Waals surface area contributed by atoms with Crippen LogP contribution in [0.4, 0.5) is 4.39 Å². The van der Waals surface area contributed by atoms with Crippen molar-refractivity contribution in [2.45, 2.75) is 0 Å². The molecule has 8 nitrogen and oxygen atoms in total. The molecule has 44 heavy (non-hydrogen) atoms. The van der Waals surface area contributed by atoms with Crippen LogP contribution in [0.1, 0.15) is 22.3 Å². The first kappa shape index (κ1) is 28.2. The molecule has 0 fully saturated rings. The van der Waals surface area contributed by atoms with Gasteiger partial charge < -0.3 is 19.4 Å². The fraction of sp³-hybridized carbons (Fsp3) is 0.0588. The van der Waals surface area contributed by atoms with Gasteiger partial charge in [0.2, 0.25) is 5.95 Å². The summed E-state index contributed by atoms with van der Waals surface area (Å²) >= 11 is 6.17. The zero-order chi connectivity index (χ0) is 30.8. The molecular weight excluding hydrogens is 579 g/mol. The number of fused-ring (bicyclic) bond motifs is 2. The molecule has 0 saturated heterocycles. The molecule has 0 unspecified atom stereocenters. The zero-order valence-electron chi connectivity index (χ0n) is 23.4. The van der Waals surface area contributed by atoms with E-state index in [0.717, 1.165) is 11.0 Å². The van der Waals surface area contributed by atoms with Crippen LogP contribution in [0.5, 0.6) is 11.5 Å². The largest absolute Gasteiger partial charge is 0.497 e. The van der Waals surface area contributed by atoms with E-state index in [9.17, 15) is 10.5 Å².